The molecule has 138 valence electrons. The summed E-state index contributed by atoms with van der Waals surface area (Å²) in [6.45, 7) is 0.0438. The van der Waals surface area contributed by atoms with E-state index in [1.165, 1.54) is 4.90 Å². The summed E-state index contributed by atoms with van der Waals surface area (Å²) >= 11 is 1.61. The van der Waals surface area contributed by atoms with E-state index in [1.807, 2.05) is 29.6 Å². The molecule has 1 aliphatic heterocycles. The predicted molar refractivity (Wildman–Crippen MR) is 100 cm³/mol. The number of anilines is 1. The molecule has 1 aliphatic rings. The lowest BCUT2D eigenvalue weighted by molar-refractivity contribution is -0.120. The minimum atomic E-state index is -0.819. The highest BCUT2D eigenvalue weighted by Crippen LogP contribution is 2.29. The summed E-state index contributed by atoms with van der Waals surface area (Å²) in [5, 5.41) is 12.5. The van der Waals surface area contributed by atoms with E-state index in [2.05, 4.69) is 20.5 Å². The highest BCUT2D eigenvalue weighted by Gasteiger charge is 2.31. The number of ether oxygens (including phenoxy) is 1. The minimum absolute atomic E-state index is 0.0438. The molecule has 1 aromatic carbocycles. The maximum Gasteiger partial charge on any atom is 0.289 e. The van der Waals surface area contributed by atoms with E-state index in [4.69, 9.17) is 4.74 Å². The summed E-state index contributed by atoms with van der Waals surface area (Å²) < 4.78 is 5.69. The molecule has 27 heavy (non-hydrogen) atoms. The van der Waals surface area contributed by atoms with E-state index in [-0.39, 0.29) is 18.3 Å². The van der Waals surface area contributed by atoms with Crippen molar-refractivity contribution in [2.24, 2.45) is 0 Å². The summed E-state index contributed by atoms with van der Waals surface area (Å²) in [5.74, 6) is 0.505. The van der Waals surface area contributed by atoms with Crippen molar-refractivity contribution in [3.05, 3.63) is 58.3 Å². The van der Waals surface area contributed by atoms with Gasteiger partial charge in [0.1, 0.15) is 24.2 Å². The molecule has 9 heteroatoms. The molecule has 3 aromatic rings. The van der Waals surface area contributed by atoms with Gasteiger partial charge in [0.2, 0.25) is 5.82 Å². The largest absolute Gasteiger partial charge is 0.489 e. The second kappa shape index (κ2) is 7.20. The van der Waals surface area contributed by atoms with Crippen LogP contribution in [0.3, 0.4) is 0 Å². The molecule has 4 rings (SSSR count). The molecule has 0 fully saturated rings. The Morgan fingerprint density at radius 3 is 3.00 bits per heavy atom. The Bertz CT molecular complexity index is 969. The van der Waals surface area contributed by atoms with Crippen LogP contribution in [0.2, 0.25) is 0 Å². The van der Waals surface area contributed by atoms with E-state index in [9.17, 15) is 9.59 Å². The van der Waals surface area contributed by atoms with Crippen LogP contribution in [0.15, 0.2) is 41.8 Å². The van der Waals surface area contributed by atoms with Gasteiger partial charge in [-0.05, 0) is 23.6 Å². The van der Waals surface area contributed by atoms with Crippen LogP contribution < -0.4 is 15.0 Å². The van der Waals surface area contributed by atoms with Crippen LogP contribution in [0.5, 0.6) is 5.75 Å². The maximum atomic E-state index is 12.7. The van der Waals surface area contributed by atoms with Crippen LogP contribution in [0.1, 0.15) is 21.3 Å². The summed E-state index contributed by atoms with van der Waals surface area (Å²) in [4.78, 5) is 30.7. The van der Waals surface area contributed by atoms with E-state index in [1.54, 1.807) is 30.5 Å². The second-order valence-corrected chi connectivity index (χ2v) is 7.11. The number of aromatic nitrogens is 3. The molecule has 0 spiro atoms. The Balaban J connectivity index is 1.45. The fourth-order valence-corrected chi connectivity index (χ4v) is 3.55. The monoisotopic (exact) mass is 383 g/mol. The predicted octanol–water partition coefficient (Wildman–Crippen LogP) is 1.61. The third kappa shape index (κ3) is 3.54. The fourth-order valence-electron chi connectivity index (χ4n) is 2.84. The van der Waals surface area contributed by atoms with Gasteiger partial charge in [0.25, 0.3) is 11.8 Å². The molecule has 0 saturated heterocycles. The number of hydrogen-bond acceptors (Lipinski definition) is 6. The maximum absolute atomic E-state index is 12.7. The number of hydrogen-bond donors (Lipinski definition) is 2. The molecule has 0 unspecified atom stereocenters. The highest BCUT2D eigenvalue weighted by molar-refractivity contribution is 7.09. The number of likely N-dealkylation sites (N-methyl/N-ethyl adjacent to an activating group) is 1. The van der Waals surface area contributed by atoms with Crippen molar-refractivity contribution in [3.63, 3.8) is 0 Å². The number of carbonyl (C=O) groups excluding carboxylic acids is 2. The first kappa shape index (κ1) is 17.2. The number of amides is 2. The number of nitrogens with zero attached hydrogens (tertiary/aromatic N) is 3. The summed E-state index contributed by atoms with van der Waals surface area (Å²) in [5.41, 5.74) is 0.664. The van der Waals surface area contributed by atoms with Crippen LogP contribution in [-0.4, -0.2) is 46.7 Å². The summed E-state index contributed by atoms with van der Waals surface area (Å²) in [6.07, 6.45) is 0.571. The Hall–Kier alpha value is -3.20. The topological polar surface area (TPSA) is 100 Å². The van der Waals surface area contributed by atoms with Crippen LogP contribution in [0.25, 0.3) is 0 Å². The van der Waals surface area contributed by atoms with Gasteiger partial charge in [-0.2, -0.15) is 0 Å². The number of carbonyl (C=O) groups is 2. The Labute approximate surface area is 159 Å². The number of para-hydroxylation sites is 2. The van der Waals surface area contributed by atoms with E-state index in [0.29, 0.717) is 23.7 Å². The second-order valence-electron chi connectivity index (χ2n) is 6.08. The molecule has 0 aliphatic carbocycles. The van der Waals surface area contributed by atoms with Gasteiger partial charge in [-0.1, -0.05) is 18.2 Å². The zero-order valence-electron chi connectivity index (χ0n) is 14.5. The zero-order valence-corrected chi connectivity index (χ0v) is 15.3. The molecule has 3 heterocycles. The summed E-state index contributed by atoms with van der Waals surface area (Å²) in [6, 6.07) is 10.4. The lowest BCUT2D eigenvalue weighted by atomic mass is 10.2. The van der Waals surface area contributed by atoms with Crippen molar-refractivity contribution in [2.75, 3.05) is 18.6 Å². The number of nitrogens with one attached hydrogen (secondary N) is 2. The van der Waals surface area contributed by atoms with Gasteiger partial charge in [-0.3, -0.25) is 9.59 Å². The quantitative estimate of drug-likeness (QED) is 0.713. The van der Waals surface area contributed by atoms with Crippen LogP contribution in [-0.2, 0) is 11.2 Å². The van der Waals surface area contributed by atoms with Crippen molar-refractivity contribution >= 4 is 28.8 Å². The van der Waals surface area contributed by atoms with Gasteiger partial charge in [-0.25, -0.2) is 0 Å². The van der Waals surface area contributed by atoms with Crippen LogP contribution in [0.4, 0.5) is 5.69 Å². The first-order chi connectivity index (χ1) is 13.1. The van der Waals surface area contributed by atoms with Gasteiger partial charge in [0.15, 0.2) is 0 Å². The number of H-pyrrole nitrogens is 1. The molecule has 1 atom stereocenters. The van der Waals surface area contributed by atoms with Crippen molar-refractivity contribution in [1.82, 2.24) is 20.5 Å². The lowest BCUT2D eigenvalue weighted by Crippen LogP contribution is -2.49. The van der Waals surface area contributed by atoms with E-state index < -0.39 is 11.9 Å². The third-order valence-electron chi connectivity index (χ3n) is 4.24. The van der Waals surface area contributed by atoms with E-state index in [0.717, 1.165) is 4.88 Å². The molecule has 2 amide bonds. The number of rotatable bonds is 4. The van der Waals surface area contributed by atoms with Gasteiger partial charge in [-0.15, -0.1) is 21.5 Å². The molecule has 0 saturated carbocycles. The fraction of sp³-hybridized carbons (Fsp3) is 0.222. The van der Waals surface area contributed by atoms with Crippen LogP contribution >= 0.6 is 11.3 Å². The van der Waals surface area contributed by atoms with Crippen molar-refractivity contribution in [1.29, 1.82) is 0 Å². The summed E-state index contributed by atoms with van der Waals surface area (Å²) in [7, 11) is 1.66. The van der Waals surface area contributed by atoms with Gasteiger partial charge >= 0.3 is 0 Å². The minimum Gasteiger partial charge on any atom is -0.489 e. The smallest absolute Gasteiger partial charge is 0.289 e. The standard InChI is InChI=1S/C18H17N5O3S/c1-23-13-6-2-3-7-14(13)26-10-12(18(23)25)19-17(24)16-20-15(21-22-16)9-11-5-4-8-27-11/h2-8,12H,9-10H2,1H3,(H,19,24)(H,20,21,22)/t12-/m1/s1. The highest BCUT2D eigenvalue weighted by atomic mass is 32.1. The molecular formula is C18H17N5O3S. The molecule has 0 bridgehead atoms. The zero-order chi connectivity index (χ0) is 18.8. The van der Waals surface area contributed by atoms with Crippen molar-refractivity contribution < 1.29 is 14.3 Å². The Kier molecular flexibility index (Phi) is 4.59. The van der Waals surface area contributed by atoms with Crippen molar-refractivity contribution in [3.8, 4) is 5.75 Å². The number of fused-ring (bicyclic) bond motifs is 1. The molecule has 8 nitrogen and oxygen atoms in total. The van der Waals surface area contributed by atoms with Gasteiger partial charge in [0, 0.05) is 18.3 Å². The SMILES string of the molecule is CN1C(=O)[C@H](NC(=O)c2nnc(Cc3cccs3)[nH]2)COc2ccccc21. The molecule has 2 aromatic heterocycles. The lowest BCUT2D eigenvalue weighted by Gasteiger charge is -2.19. The van der Waals surface area contributed by atoms with E-state index >= 15 is 0 Å². The normalized spacial score (nSPS) is 16.4. The molecule has 2 N–H and O–H groups in total. The Morgan fingerprint density at radius 2 is 2.19 bits per heavy atom. The van der Waals surface area contributed by atoms with Crippen LogP contribution in [0, 0.1) is 0 Å². The number of aromatic amines is 1. The third-order valence-corrected chi connectivity index (χ3v) is 5.11. The van der Waals surface area contributed by atoms with Gasteiger partial charge in [0.05, 0.1) is 5.69 Å². The number of benzene rings is 1. The average Bonchev–Trinajstić information content (AvgIpc) is 3.34. The van der Waals surface area contributed by atoms with Gasteiger partial charge < -0.3 is 19.9 Å². The first-order valence-electron chi connectivity index (χ1n) is 8.36. The Morgan fingerprint density at radius 1 is 1.33 bits per heavy atom. The average molecular weight is 383 g/mol. The first-order valence-corrected chi connectivity index (χ1v) is 9.24. The molecular weight excluding hydrogens is 366 g/mol. The van der Waals surface area contributed by atoms with Crippen molar-refractivity contribution in [2.45, 2.75) is 12.5 Å². The number of thiophene rings is 1. The molecule has 0 radical (unpaired) electrons.